The Labute approximate surface area is 316 Å². The first-order valence-electron chi connectivity index (χ1n) is 18.3. The van der Waals surface area contributed by atoms with E-state index in [-0.39, 0.29) is 0 Å². The van der Waals surface area contributed by atoms with Crippen molar-refractivity contribution in [2.75, 3.05) is 0 Å². The normalized spacial score (nSPS) is 11.6. The molecule has 0 spiro atoms. The molecule has 0 radical (unpaired) electrons. The summed E-state index contributed by atoms with van der Waals surface area (Å²) < 4.78 is 6.91. The molecule has 0 fully saturated rings. The van der Waals surface area contributed by atoms with Crippen LogP contribution in [0.3, 0.4) is 0 Å². The predicted octanol–water partition coefficient (Wildman–Crippen LogP) is 13.7. The van der Waals surface area contributed by atoms with Crippen molar-refractivity contribution in [3.05, 3.63) is 199 Å². The highest BCUT2D eigenvalue weighted by molar-refractivity contribution is 6.15. The number of hydrogen-bond donors (Lipinski definition) is 0. The summed E-state index contributed by atoms with van der Waals surface area (Å²) in [6.45, 7) is 15.9. The number of aromatic nitrogens is 3. The fourth-order valence-corrected chi connectivity index (χ4v) is 8.73. The molecule has 5 nitrogen and oxygen atoms in total. The first-order chi connectivity index (χ1) is 27.2. The zero-order chi connectivity index (χ0) is 36.6. The van der Waals surface area contributed by atoms with Crippen LogP contribution in [0.4, 0.5) is 11.4 Å². The molecule has 0 aliphatic carbocycles. The summed E-state index contributed by atoms with van der Waals surface area (Å²) in [6, 6.07) is 61.3. The lowest BCUT2D eigenvalue weighted by molar-refractivity contribution is 1.17. The number of benzene rings is 8. The lowest BCUT2D eigenvalue weighted by Gasteiger charge is -2.14. The van der Waals surface area contributed by atoms with Crippen LogP contribution < -0.4 is 0 Å². The van der Waals surface area contributed by atoms with Gasteiger partial charge in [0.25, 0.3) is 0 Å². The standard InChI is InChI=1S/C50H29N5/c1-51-42-28-26-34(30-40(42)32-22-24-33(25-23-32)53-47-20-10-6-15-39(47)50-43(52-2)16-11-21-49(50)53)55-46-19-9-5-14-38(46)41-31-35(27-29-48(41)55)54-44-17-7-3-12-36(44)37-13-4-8-18-45(37)54/h3-31H. The average molecular weight is 700 g/mol. The Bertz CT molecular complexity index is 3400. The zero-order valence-electron chi connectivity index (χ0n) is 29.5. The van der Waals surface area contributed by atoms with Crippen LogP contribution in [-0.4, -0.2) is 13.7 Å². The van der Waals surface area contributed by atoms with Crippen molar-refractivity contribution >= 4 is 76.8 Å². The Balaban J connectivity index is 1.06. The molecule has 3 heterocycles. The van der Waals surface area contributed by atoms with Gasteiger partial charge >= 0.3 is 0 Å². The first kappa shape index (κ1) is 30.7. The lowest BCUT2D eigenvalue weighted by atomic mass is 10.0. The van der Waals surface area contributed by atoms with Crippen molar-refractivity contribution in [1.82, 2.24) is 13.7 Å². The Morgan fingerprint density at radius 3 is 1.40 bits per heavy atom. The first-order valence-corrected chi connectivity index (χ1v) is 18.3. The molecule has 0 N–H and O–H groups in total. The van der Waals surface area contributed by atoms with Gasteiger partial charge in [-0.05, 0) is 89.3 Å². The number of para-hydroxylation sites is 4. The molecule has 254 valence electrons. The van der Waals surface area contributed by atoms with Crippen LogP contribution in [0, 0.1) is 13.1 Å². The summed E-state index contributed by atoms with van der Waals surface area (Å²) in [4.78, 5) is 7.80. The van der Waals surface area contributed by atoms with Crippen LogP contribution in [0.15, 0.2) is 176 Å². The third-order valence-electron chi connectivity index (χ3n) is 11.1. The molecule has 0 saturated carbocycles. The lowest BCUT2D eigenvalue weighted by Crippen LogP contribution is -1.96. The second kappa shape index (κ2) is 11.8. The number of fused-ring (bicyclic) bond motifs is 9. The van der Waals surface area contributed by atoms with Crippen LogP contribution in [0.2, 0.25) is 0 Å². The van der Waals surface area contributed by atoms with Gasteiger partial charge in [0, 0.05) is 49.5 Å². The van der Waals surface area contributed by atoms with Crippen LogP contribution in [-0.2, 0) is 0 Å². The number of nitrogens with zero attached hydrogens (tertiary/aromatic N) is 5. The van der Waals surface area contributed by atoms with Gasteiger partial charge in [0.15, 0.2) is 11.4 Å². The third kappa shape index (κ3) is 4.45. The second-order valence-corrected chi connectivity index (χ2v) is 13.9. The Morgan fingerprint density at radius 2 is 0.782 bits per heavy atom. The van der Waals surface area contributed by atoms with E-state index in [0.29, 0.717) is 11.4 Å². The van der Waals surface area contributed by atoms with E-state index in [0.717, 1.165) is 61.0 Å². The van der Waals surface area contributed by atoms with Crippen molar-refractivity contribution in [2.24, 2.45) is 0 Å². The minimum atomic E-state index is 0.601. The van der Waals surface area contributed by atoms with Crippen LogP contribution in [0.1, 0.15) is 0 Å². The van der Waals surface area contributed by atoms with E-state index in [4.69, 9.17) is 13.1 Å². The highest BCUT2D eigenvalue weighted by Crippen LogP contribution is 2.41. The van der Waals surface area contributed by atoms with Crippen LogP contribution in [0.25, 0.3) is 103 Å². The van der Waals surface area contributed by atoms with Gasteiger partial charge < -0.3 is 13.7 Å². The van der Waals surface area contributed by atoms with E-state index in [1.165, 1.54) is 32.6 Å². The molecule has 11 aromatic rings. The Hall–Kier alpha value is -7.86. The topological polar surface area (TPSA) is 23.5 Å². The van der Waals surface area contributed by atoms with Crippen molar-refractivity contribution in [1.29, 1.82) is 0 Å². The van der Waals surface area contributed by atoms with Gasteiger partial charge in [-0.2, -0.15) is 0 Å². The highest BCUT2D eigenvalue weighted by atomic mass is 15.0. The summed E-state index contributed by atoms with van der Waals surface area (Å²) in [5.41, 5.74) is 12.8. The molecule has 8 aromatic carbocycles. The minimum absolute atomic E-state index is 0.601. The highest BCUT2D eigenvalue weighted by Gasteiger charge is 2.19. The molecule has 0 aliphatic heterocycles. The van der Waals surface area contributed by atoms with Gasteiger partial charge in [-0.1, -0.05) is 103 Å². The quantitative estimate of drug-likeness (QED) is 0.163. The summed E-state index contributed by atoms with van der Waals surface area (Å²) in [5.74, 6) is 0. The van der Waals surface area contributed by atoms with Gasteiger partial charge in [0.2, 0.25) is 0 Å². The number of hydrogen-bond acceptors (Lipinski definition) is 0. The molecule has 0 aliphatic rings. The molecule has 0 saturated heterocycles. The molecule has 3 aromatic heterocycles. The van der Waals surface area contributed by atoms with Crippen LogP contribution >= 0.6 is 0 Å². The van der Waals surface area contributed by atoms with Gasteiger partial charge in [-0.3, -0.25) is 0 Å². The van der Waals surface area contributed by atoms with Crippen molar-refractivity contribution in [3.63, 3.8) is 0 Å². The van der Waals surface area contributed by atoms with Gasteiger partial charge in [0.1, 0.15) is 0 Å². The maximum atomic E-state index is 8.11. The summed E-state index contributed by atoms with van der Waals surface area (Å²) in [7, 11) is 0. The smallest absolute Gasteiger partial charge is 0.197 e. The van der Waals surface area contributed by atoms with E-state index in [1.54, 1.807) is 0 Å². The molecule has 0 amide bonds. The fourth-order valence-electron chi connectivity index (χ4n) is 8.73. The molecular weight excluding hydrogens is 671 g/mol. The van der Waals surface area contributed by atoms with E-state index in [1.807, 2.05) is 30.3 Å². The Morgan fingerprint density at radius 1 is 0.327 bits per heavy atom. The second-order valence-electron chi connectivity index (χ2n) is 13.9. The van der Waals surface area contributed by atoms with Gasteiger partial charge in [0.05, 0.1) is 40.7 Å². The van der Waals surface area contributed by atoms with E-state index < -0.39 is 0 Å². The largest absolute Gasteiger partial charge is 0.311 e. The van der Waals surface area contributed by atoms with Gasteiger partial charge in [-0.25, -0.2) is 9.69 Å². The molecular formula is C50H29N5. The minimum Gasteiger partial charge on any atom is -0.311 e. The number of rotatable bonds is 4. The SMILES string of the molecule is [C-]#[N+]c1ccc(-n2c3ccccc3c3cc(-n4c5ccccc5c5ccccc54)ccc32)cc1-c1ccc(-n2c3ccccc3c3c([N+]#[C-])cccc32)cc1. The van der Waals surface area contributed by atoms with E-state index in [2.05, 4.69) is 169 Å². The molecule has 0 atom stereocenters. The predicted molar refractivity (Wildman–Crippen MR) is 227 cm³/mol. The van der Waals surface area contributed by atoms with E-state index >= 15 is 0 Å². The van der Waals surface area contributed by atoms with E-state index in [9.17, 15) is 0 Å². The molecule has 55 heavy (non-hydrogen) atoms. The summed E-state index contributed by atoms with van der Waals surface area (Å²) >= 11 is 0. The molecule has 5 heteroatoms. The summed E-state index contributed by atoms with van der Waals surface area (Å²) in [6.07, 6.45) is 0. The van der Waals surface area contributed by atoms with Gasteiger partial charge in [-0.15, -0.1) is 0 Å². The molecule has 0 bridgehead atoms. The maximum Gasteiger partial charge on any atom is 0.197 e. The zero-order valence-corrected chi connectivity index (χ0v) is 29.5. The maximum absolute atomic E-state index is 8.11. The molecule has 0 unspecified atom stereocenters. The summed E-state index contributed by atoms with van der Waals surface area (Å²) in [5, 5.41) is 6.85. The Kier molecular flexibility index (Phi) is 6.61. The van der Waals surface area contributed by atoms with Crippen LogP contribution in [0.5, 0.6) is 0 Å². The molecule has 11 rings (SSSR count). The third-order valence-corrected chi connectivity index (χ3v) is 11.1. The average Bonchev–Trinajstić information content (AvgIpc) is 3.89. The van der Waals surface area contributed by atoms with Crippen molar-refractivity contribution < 1.29 is 0 Å². The monoisotopic (exact) mass is 699 g/mol. The van der Waals surface area contributed by atoms with Crippen molar-refractivity contribution in [3.8, 4) is 28.2 Å². The fraction of sp³-hybridized carbons (Fsp3) is 0. The van der Waals surface area contributed by atoms with Crippen molar-refractivity contribution in [2.45, 2.75) is 0 Å².